The smallest absolute Gasteiger partial charge is 0.122 e. The van der Waals surface area contributed by atoms with Gasteiger partial charge in [-0.1, -0.05) is 53.7 Å². The third-order valence-corrected chi connectivity index (χ3v) is 3.79. The Morgan fingerprint density at radius 3 is 2.20 bits per heavy atom. The first-order valence-electron chi connectivity index (χ1n) is 7.40. The maximum atomic E-state index is 9.43. The van der Waals surface area contributed by atoms with Gasteiger partial charge in [0.1, 0.15) is 5.75 Å². The summed E-state index contributed by atoms with van der Waals surface area (Å²) < 4.78 is 5.43. The van der Waals surface area contributed by atoms with Crippen molar-refractivity contribution in [3.63, 3.8) is 0 Å². The van der Waals surface area contributed by atoms with E-state index in [0.717, 1.165) is 17.7 Å². The molecule has 114 valence electrons. The summed E-state index contributed by atoms with van der Waals surface area (Å²) in [6.07, 6.45) is 1.11. The Hall–Kier alpha value is -1.02. The van der Waals surface area contributed by atoms with Crippen LogP contribution in [0.15, 0.2) is 18.2 Å². The Kier molecular flexibility index (Phi) is 5.26. The van der Waals surface area contributed by atoms with Crippen molar-refractivity contribution in [3.8, 4) is 5.75 Å². The number of methoxy groups -OCH3 is 1. The molecule has 1 aromatic carbocycles. The molecule has 2 nitrogen and oxygen atoms in total. The normalized spacial score (nSPS) is 14.2. The molecule has 0 aliphatic heterocycles. The fourth-order valence-corrected chi connectivity index (χ4v) is 3.07. The van der Waals surface area contributed by atoms with Crippen molar-refractivity contribution in [1.82, 2.24) is 0 Å². The van der Waals surface area contributed by atoms with Gasteiger partial charge in [0.05, 0.1) is 7.11 Å². The lowest BCUT2D eigenvalue weighted by atomic mass is 9.72. The van der Waals surface area contributed by atoms with Gasteiger partial charge in [0.15, 0.2) is 0 Å². The summed E-state index contributed by atoms with van der Waals surface area (Å²) >= 11 is 0. The number of aliphatic hydroxyl groups excluding tert-OH is 1. The van der Waals surface area contributed by atoms with Gasteiger partial charge in [0, 0.05) is 12.5 Å². The lowest BCUT2D eigenvalue weighted by Gasteiger charge is -2.33. The summed E-state index contributed by atoms with van der Waals surface area (Å²) in [6.45, 7) is 13.6. The maximum Gasteiger partial charge on any atom is 0.122 e. The minimum Gasteiger partial charge on any atom is -0.496 e. The molecule has 0 spiro atoms. The molecule has 0 bridgehead atoms. The van der Waals surface area contributed by atoms with Crippen LogP contribution in [0, 0.1) is 5.41 Å². The second kappa shape index (κ2) is 6.17. The Labute approximate surface area is 124 Å². The number of aliphatic hydroxyl groups is 1. The van der Waals surface area contributed by atoms with Crippen LogP contribution in [-0.2, 0) is 5.41 Å². The average Bonchev–Trinajstić information content (AvgIpc) is 2.34. The second-order valence-electron chi connectivity index (χ2n) is 7.66. The summed E-state index contributed by atoms with van der Waals surface area (Å²) in [5.41, 5.74) is 2.79. The minimum atomic E-state index is 0.0929. The van der Waals surface area contributed by atoms with Crippen molar-refractivity contribution < 1.29 is 9.84 Å². The largest absolute Gasteiger partial charge is 0.496 e. The van der Waals surface area contributed by atoms with Crippen molar-refractivity contribution in [1.29, 1.82) is 0 Å². The van der Waals surface area contributed by atoms with Crippen LogP contribution in [0.25, 0.3) is 0 Å². The lowest BCUT2D eigenvalue weighted by molar-refractivity contribution is 0.268. The molecular formula is C18H30O2. The van der Waals surface area contributed by atoms with Crippen LogP contribution >= 0.6 is 0 Å². The van der Waals surface area contributed by atoms with Gasteiger partial charge in [-0.25, -0.2) is 0 Å². The molecule has 1 N–H and O–H groups in total. The Bertz CT molecular complexity index is 441. The predicted octanol–water partition coefficient (Wildman–Crippen LogP) is 4.50. The quantitative estimate of drug-likeness (QED) is 0.859. The molecule has 1 rings (SSSR count). The van der Waals surface area contributed by atoms with Gasteiger partial charge in [-0.05, 0) is 34.4 Å². The zero-order valence-electron chi connectivity index (χ0n) is 14.1. The average molecular weight is 278 g/mol. The highest BCUT2D eigenvalue weighted by Gasteiger charge is 2.28. The van der Waals surface area contributed by atoms with Crippen molar-refractivity contribution in [2.45, 2.75) is 59.3 Å². The molecule has 2 heteroatoms. The number of rotatable bonds is 5. The second-order valence-corrected chi connectivity index (χ2v) is 7.66. The molecule has 0 aromatic heterocycles. The van der Waals surface area contributed by atoms with E-state index in [1.165, 1.54) is 5.56 Å². The topological polar surface area (TPSA) is 29.5 Å². The maximum absolute atomic E-state index is 9.43. The number of benzene rings is 1. The molecule has 0 aliphatic rings. The van der Waals surface area contributed by atoms with Gasteiger partial charge < -0.3 is 9.84 Å². The van der Waals surface area contributed by atoms with Gasteiger partial charge in [0.25, 0.3) is 0 Å². The zero-order chi connectivity index (χ0) is 15.6. The number of ether oxygens (including phenoxy) is 1. The minimum absolute atomic E-state index is 0.0929. The molecule has 0 fully saturated rings. The van der Waals surface area contributed by atoms with Crippen molar-refractivity contribution in [3.05, 3.63) is 29.3 Å². The molecule has 1 unspecified atom stereocenters. The Balaban J connectivity index is 3.20. The van der Waals surface area contributed by atoms with E-state index in [2.05, 4.69) is 46.8 Å². The van der Waals surface area contributed by atoms with E-state index in [-0.39, 0.29) is 23.4 Å². The highest BCUT2D eigenvalue weighted by Crippen LogP contribution is 2.38. The molecule has 0 radical (unpaired) electrons. The van der Waals surface area contributed by atoms with Gasteiger partial charge >= 0.3 is 0 Å². The van der Waals surface area contributed by atoms with Crippen LogP contribution in [0.3, 0.4) is 0 Å². The summed E-state index contributed by atoms with van der Waals surface area (Å²) in [6, 6.07) is 6.38. The number of hydrogen-bond acceptors (Lipinski definition) is 2. The van der Waals surface area contributed by atoms with Crippen molar-refractivity contribution >= 4 is 0 Å². The third kappa shape index (κ3) is 4.24. The van der Waals surface area contributed by atoms with E-state index in [1.807, 2.05) is 13.0 Å². The fraction of sp³-hybridized carbons (Fsp3) is 0.667. The molecular weight excluding hydrogens is 248 g/mol. The van der Waals surface area contributed by atoms with E-state index >= 15 is 0 Å². The Morgan fingerprint density at radius 1 is 1.15 bits per heavy atom. The zero-order valence-corrected chi connectivity index (χ0v) is 14.1. The van der Waals surface area contributed by atoms with Crippen LogP contribution in [0.5, 0.6) is 5.75 Å². The molecule has 0 heterocycles. The van der Waals surface area contributed by atoms with Gasteiger partial charge in [-0.15, -0.1) is 0 Å². The van der Waals surface area contributed by atoms with E-state index in [1.54, 1.807) is 7.11 Å². The van der Waals surface area contributed by atoms with Crippen molar-refractivity contribution in [2.24, 2.45) is 5.41 Å². The monoisotopic (exact) mass is 278 g/mol. The van der Waals surface area contributed by atoms with Gasteiger partial charge in [-0.3, -0.25) is 0 Å². The van der Waals surface area contributed by atoms with Crippen LogP contribution in [-0.4, -0.2) is 18.8 Å². The highest BCUT2D eigenvalue weighted by atomic mass is 16.5. The van der Waals surface area contributed by atoms with E-state index < -0.39 is 0 Å². The summed E-state index contributed by atoms with van der Waals surface area (Å²) in [7, 11) is 1.68. The highest BCUT2D eigenvalue weighted by molar-refractivity contribution is 5.42. The van der Waals surface area contributed by atoms with Crippen LogP contribution in [0.2, 0.25) is 0 Å². The van der Waals surface area contributed by atoms with E-state index in [4.69, 9.17) is 4.74 Å². The Morgan fingerprint density at radius 2 is 1.75 bits per heavy atom. The summed E-state index contributed by atoms with van der Waals surface area (Å²) in [5, 5.41) is 9.43. The first-order chi connectivity index (χ1) is 9.10. The fourth-order valence-electron chi connectivity index (χ4n) is 3.07. The SMILES string of the molecule is COc1ccc(C(C)(C)CC(C)(C)C)cc1C(C)CO. The molecule has 0 saturated heterocycles. The van der Waals surface area contributed by atoms with Crippen molar-refractivity contribution in [2.75, 3.05) is 13.7 Å². The summed E-state index contributed by atoms with van der Waals surface area (Å²) in [4.78, 5) is 0. The molecule has 1 atom stereocenters. The van der Waals surface area contributed by atoms with Crippen LogP contribution < -0.4 is 4.74 Å². The lowest BCUT2D eigenvalue weighted by Crippen LogP contribution is -2.25. The molecule has 1 aromatic rings. The van der Waals surface area contributed by atoms with Gasteiger partial charge in [0.2, 0.25) is 0 Å². The number of hydrogen-bond donors (Lipinski definition) is 1. The summed E-state index contributed by atoms with van der Waals surface area (Å²) in [5.74, 6) is 0.956. The van der Waals surface area contributed by atoms with Gasteiger partial charge in [-0.2, -0.15) is 0 Å². The van der Waals surface area contributed by atoms with Crippen LogP contribution in [0.1, 0.15) is 65.0 Å². The molecule has 20 heavy (non-hydrogen) atoms. The standard InChI is InChI=1S/C18H30O2/c1-13(11-19)15-10-14(8-9-16(15)20-7)18(5,6)12-17(2,3)4/h8-10,13,19H,11-12H2,1-7H3. The molecule has 0 saturated carbocycles. The van der Waals surface area contributed by atoms with E-state index in [0.29, 0.717) is 0 Å². The van der Waals surface area contributed by atoms with E-state index in [9.17, 15) is 5.11 Å². The molecule has 0 amide bonds. The predicted molar refractivity (Wildman–Crippen MR) is 85.6 cm³/mol. The first kappa shape index (κ1) is 17.0. The first-order valence-corrected chi connectivity index (χ1v) is 7.40. The third-order valence-electron chi connectivity index (χ3n) is 3.79. The molecule has 0 aliphatic carbocycles. The van der Waals surface area contributed by atoms with Crippen LogP contribution in [0.4, 0.5) is 0 Å².